The number of amides is 1. The highest BCUT2D eigenvalue weighted by atomic mass is 32.1. The van der Waals surface area contributed by atoms with E-state index in [1.165, 1.54) is 11.3 Å². The van der Waals surface area contributed by atoms with E-state index in [1.54, 1.807) is 12.3 Å². The summed E-state index contributed by atoms with van der Waals surface area (Å²) < 4.78 is 5.68. The fraction of sp³-hybridized carbons (Fsp3) is 0.429. The lowest BCUT2D eigenvalue weighted by Crippen LogP contribution is -2.33. The van der Waals surface area contributed by atoms with Crippen molar-refractivity contribution in [2.45, 2.75) is 32.7 Å². The predicted molar refractivity (Wildman–Crippen MR) is 117 cm³/mol. The molecule has 0 radical (unpaired) electrons. The van der Waals surface area contributed by atoms with Gasteiger partial charge in [-0.25, -0.2) is 15.0 Å². The van der Waals surface area contributed by atoms with Gasteiger partial charge in [0.15, 0.2) is 11.6 Å². The number of likely N-dealkylation sites (tertiary alicyclic amines) is 1. The lowest BCUT2D eigenvalue weighted by atomic mass is 10.3. The third-order valence-electron chi connectivity index (χ3n) is 5.03. The summed E-state index contributed by atoms with van der Waals surface area (Å²) in [5, 5.41) is 9.06. The lowest BCUT2D eigenvalue weighted by Gasteiger charge is -2.16. The van der Waals surface area contributed by atoms with Crippen molar-refractivity contribution >= 4 is 23.1 Å². The summed E-state index contributed by atoms with van der Waals surface area (Å²) in [4.78, 5) is 28.3. The molecule has 158 valence electrons. The van der Waals surface area contributed by atoms with Crippen LogP contribution in [-0.2, 0) is 4.79 Å². The number of anilines is 1. The van der Waals surface area contributed by atoms with E-state index in [1.807, 2.05) is 24.4 Å². The number of thiazole rings is 1. The molecule has 3 aromatic rings. The zero-order valence-corrected chi connectivity index (χ0v) is 18.0. The van der Waals surface area contributed by atoms with Crippen molar-refractivity contribution in [1.82, 2.24) is 25.2 Å². The number of nitrogens with zero attached hydrogens (tertiary/aromatic N) is 4. The van der Waals surface area contributed by atoms with Crippen molar-refractivity contribution in [1.29, 1.82) is 0 Å². The van der Waals surface area contributed by atoms with Crippen molar-refractivity contribution < 1.29 is 9.21 Å². The van der Waals surface area contributed by atoms with Gasteiger partial charge in [0.1, 0.15) is 22.3 Å². The van der Waals surface area contributed by atoms with E-state index >= 15 is 0 Å². The number of likely N-dealkylation sites (N-methyl/N-ethyl adjacent to an activating group) is 1. The quantitative estimate of drug-likeness (QED) is 0.571. The number of carbonyl (C=O) groups excluding carboxylic acids is 1. The van der Waals surface area contributed by atoms with Gasteiger partial charge in [0.05, 0.1) is 0 Å². The molecule has 1 unspecified atom stereocenters. The van der Waals surface area contributed by atoms with Crippen LogP contribution in [-0.4, -0.2) is 58.0 Å². The molecule has 0 bridgehead atoms. The molecule has 30 heavy (non-hydrogen) atoms. The van der Waals surface area contributed by atoms with Crippen molar-refractivity contribution in [3.05, 3.63) is 35.5 Å². The summed E-state index contributed by atoms with van der Waals surface area (Å²) in [5.41, 5.74) is 0.660. The normalized spacial score (nSPS) is 16.8. The Morgan fingerprint density at radius 2 is 2.27 bits per heavy atom. The first kappa shape index (κ1) is 20.6. The highest BCUT2D eigenvalue weighted by molar-refractivity contribution is 7.13. The molecule has 1 saturated heterocycles. The number of rotatable bonds is 8. The van der Waals surface area contributed by atoms with Gasteiger partial charge in [0.25, 0.3) is 0 Å². The van der Waals surface area contributed by atoms with Crippen LogP contribution in [0.1, 0.15) is 25.5 Å². The number of hydrogen-bond donors (Lipinski definition) is 2. The highest BCUT2D eigenvalue weighted by Crippen LogP contribution is 2.26. The van der Waals surface area contributed by atoms with Crippen LogP contribution in [0.25, 0.3) is 22.3 Å². The van der Waals surface area contributed by atoms with Gasteiger partial charge in [-0.05, 0) is 38.6 Å². The Balaban J connectivity index is 1.45. The van der Waals surface area contributed by atoms with Gasteiger partial charge < -0.3 is 20.0 Å². The average molecular weight is 427 g/mol. The monoisotopic (exact) mass is 426 g/mol. The maximum absolute atomic E-state index is 12.6. The maximum atomic E-state index is 12.6. The van der Waals surface area contributed by atoms with Gasteiger partial charge in [-0.3, -0.25) is 4.79 Å². The molecule has 0 aliphatic carbocycles. The summed E-state index contributed by atoms with van der Waals surface area (Å²) in [7, 11) is 0. The van der Waals surface area contributed by atoms with E-state index in [0.29, 0.717) is 35.6 Å². The highest BCUT2D eigenvalue weighted by Gasteiger charge is 2.22. The molecule has 2 N–H and O–H groups in total. The smallest absolute Gasteiger partial charge is 0.226 e. The van der Waals surface area contributed by atoms with E-state index in [4.69, 9.17) is 4.42 Å². The molecule has 1 fully saturated rings. The average Bonchev–Trinajstić information content (AvgIpc) is 3.49. The minimum atomic E-state index is -0.0627. The lowest BCUT2D eigenvalue weighted by molar-refractivity contribution is -0.116. The summed E-state index contributed by atoms with van der Waals surface area (Å²) >= 11 is 1.49. The van der Waals surface area contributed by atoms with Crippen LogP contribution in [0.15, 0.2) is 34.2 Å². The summed E-state index contributed by atoms with van der Waals surface area (Å²) in [6.45, 7) is 7.72. The third kappa shape index (κ3) is 5.10. The summed E-state index contributed by atoms with van der Waals surface area (Å²) in [6.07, 6.45) is 3.28. The fourth-order valence-electron chi connectivity index (χ4n) is 3.59. The van der Waals surface area contributed by atoms with Crippen LogP contribution in [0, 0.1) is 6.92 Å². The van der Waals surface area contributed by atoms with Crippen LogP contribution in [0.2, 0.25) is 0 Å². The Morgan fingerprint density at radius 3 is 3.00 bits per heavy atom. The molecule has 1 aliphatic heterocycles. The van der Waals surface area contributed by atoms with Gasteiger partial charge in [0, 0.05) is 43.2 Å². The van der Waals surface area contributed by atoms with Gasteiger partial charge in [0.2, 0.25) is 5.91 Å². The number of furan rings is 1. The van der Waals surface area contributed by atoms with E-state index < -0.39 is 0 Å². The van der Waals surface area contributed by atoms with E-state index in [2.05, 4.69) is 37.4 Å². The van der Waals surface area contributed by atoms with Crippen molar-refractivity contribution in [3.63, 3.8) is 0 Å². The van der Waals surface area contributed by atoms with E-state index in [-0.39, 0.29) is 5.91 Å². The summed E-state index contributed by atoms with van der Waals surface area (Å²) in [5.74, 6) is 2.16. The second-order valence-electron chi connectivity index (χ2n) is 7.35. The molecular weight excluding hydrogens is 400 g/mol. The minimum Gasteiger partial charge on any atom is -0.458 e. The van der Waals surface area contributed by atoms with Crippen molar-refractivity contribution in [2.24, 2.45) is 0 Å². The van der Waals surface area contributed by atoms with Crippen LogP contribution in [0.5, 0.6) is 0 Å². The molecule has 9 heteroatoms. The molecule has 0 spiro atoms. The van der Waals surface area contributed by atoms with Gasteiger partial charge in [-0.2, -0.15) is 0 Å². The first-order chi connectivity index (χ1) is 14.6. The van der Waals surface area contributed by atoms with Crippen LogP contribution in [0.4, 0.5) is 5.82 Å². The van der Waals surface area contributed by atoms with Gasteiger partial charge in [-0.1, -0.05) is 6.92 Å². The Kier molecular flexibility index (Phi) is 6.51. The second-order valence-corrected chi connectivity index (χ2v) is 8.25. The molecule has 8 nitrogen and oxygen atoms in total. The molecule has 0 saturated carbocycles. The topological polar surface area (TPSA) is 96.2 Å². The van der Waals surface area contributed by atoms with Crippen molar-refractivity contribution in [3.8, 4) is 22.3 Å². The second kappa shape index (κ2) is 9.46. The molecule has 1 aliphatic rings. The first-order valence-electron chi connectivity index (χ1n) is 10.2. The SMILES string of the molecule is CCNC1CCN(CCC(=O)Nc2cc(-c3nccs3)nc(-c3ccc(C)o3)n2)C1. The number of nitrogens with one attached hydrogen (secondary N) is 2. The maximum Gasteiger partial charge on any atom is 0.226 e. The van der Waals surface area contributed by atoms with Crippen LogP contribution >= 0.6 is 11.3 Å². The largest absolute Gasteiger partial charge is 0.458 e. The summed E-state index contributed by atoms with van der Waals surface area (Å²) in [6, 6.07) is 5.98. The number of carbonyl (C=O) groups is 1. The fourth-order valence-corrected chi connectivity index (χ4v) is 4.19. The molecule has 3 aromatic heterocycles. The Bertz CT molecular complexity index is 987. The van der Waals surface area contributed by atoms with Gasteiger partial charge in [-0.15, -0.1) is 11.3 Å². The molecule has 0 aromatic carbocycles. The number of aromatic nitrogens is 3. The Morgan fingerprint density at radius 1 is 1.37 bits per heavy atom. The minimum absolute atomic E-state index is 0.0627. The molecular formula is C21H26N6O2S. The standard InChI is InChI=1S/C21H26N6O2S/c1-3-22-15-6-9-27(13-15)10-7-19(28)25-18-12-16(21-23-8-11-30-21)24-20(26-18)17-5-4-14(2)29-17/h4-5,8,11-12,15,22H,3,6-7,9-10,13H2,1-2H3,(H,24,25,26,28). The zero-order valence-electron chi connectivity index (χ0n) is 17.2. The van der Waals surface area contributed by atoms with Gasteiger partial charge >= 0.3 is 0 Å². The first-order valence-corrected chi connectivity index (χ1v) is 11.1. The predicted octanol–water partition coefficient (Wildman–Crippen LogP) is 3.18. The molecule has 1 atom stereocenters. The number of hydrogen-bond acceptors (Lipinski definition) is 8. The Hall–Kier alpha value is -2.62. The zero-order chi connectivity index (χ0) is 20.9. The molecule has 1 amide bonds. The van der Waals surface area contributed by atoms with E-state index in [0.717, 1.165) is 43.4 Å². The number of aryl methyl sites for hydroxylation is 1. The van der Waals surface area contributed by atoms with E-state index in [9.17, 15) is 4.79 Å². The van der Waals surface area contributed by atoms with Crippen LogP contribution in [0.3, 0.4) is 0 Å². The molecule has 4 rings (SSSR count). The van der Waals surface area contributed by atoms with Crippen LogP contribution < -0.4 is 10.6 Å². The Labute approximate surface area is 179 Å². The van der Waals surface area contributed by atoms with Crippen molar-refractivity contribution in [2.75, 3.05) is 31.5 Å². The molecule has 4 heterocycles. The third-order valence-corrected chi connectivity index (χ3v) is 5.82.